The van der Waals surface area contributed by atoms with Crippen molar-refractivity contribution in [2.75, 3.05) is 13.6 Å². The Kier molecular flexibility index (Phi) is 9.46. The zero-order valence-corrected chi connectivity index (χ0v) is 30.8. The van der Waals surface area contributed by atoms with E-state index in [-0.39, 0.29) is 37.8 Å². The normalized spacial score (nSPS) is 22.1. The number of carbonyl (C=O) groups excluding carboxylic acids is 3. The average Bonchev–Trinajstić information content (AvgIpc) is 3.89. The molecule has 55 heavy (non-hydrogen) atoms. The molecule has 4 aliphatic heterocycles. The minimum Gasteiger partial charge on any atom is -0.454 e. The molecule has 0 aliphatic carbocycles. The van der Waals surface area contributed by atoms with Crippen LogP contribution in [0.2, 0.25) is 0 Å². The van der Waals surface area contributed by atoms with Crippen LogP contribution in [0.1, 0.15) is 70.7 Å². The summed E-state index contributed by atoms with van der Waals surface area (Å²) in [5.74, 6) is -0.906. The second kappa shape index (κ2) is 14.3. The largest absolute Gasteiger partial charge is 0.454 e. The fraction of sp³-hybridized carbons (Fsp3) is 0.357. The highest BCUT2D eigenvalue weighted by atomic mass is 19.1. The third-order valence-electron chi connectivity index (χ3n) is 10.5. The van der Waals surface area contributed by atoms with Gasteiger partial charge in [-0.25, -0.2) is 13.6 Å². The van der Waals surface area contributed by atoms with Gasteiger partial charge in [-0.1, -0.05) is 24.3 Å². The summed E-state index contributed by atoms with van der Waals surface area (Å²) in [7, 11) is 0. The summed E-state index contributed by atoms with van der Waals surface area (Å²) < 4.78 is 65.6. The van der Waals surface area contributed by atoms with Gasteiger partial charge < -0.3 is 38.2 Å². The first-order chi connectivity index (χ1) is 26.3. The van der Waals surface area contributed by atoms with E-state index in [0.29, 0.717) is 47.0 Å². The van der Waals surface area contributed by atoms with E-state index in [1.165, 1.54) is 38.1 Å². The third kappa shape index (κ3) is 7.21. The first-order valence-electron chi connectivity index (χ1n) is 18.1. The molecule has 4 aromatic carbocycles. The van der Waals surface area contributed by atoms with Crippen molar-refractivity contribution in [2.45, 2.75) is 83.7 Å². The van der Waals surface area contributed by atoms with Crippen LogP contribution in [-0.2, 0) is 35.4 Å². The molecule has 0 bridgehead atoms. The van der Waals surface area contributed by atoms with Crippen molar-refractivity contribution in [3.63, 3.8) is 0 Å². The second-order valence-electron chi connectivity index (χ2n) is 14.8. The lowest BCUT2D eigenvalue weighted by molar-refractivity contribution is -0.157. The van der Waals surface area contributed by atoms with Gasteiger partial charge in [0.15, 0.2) is 40.4 Å². The Balaban J connectivity index is 1.27. The van der Waals surface area contributed by atoms with Gasteiger partial charge in [0.2, 0.25) is 13.6 Å². The van der Waals surface area contributed by atoms with Gasteiger partial charge in [-0.15, -0.1) is 0 Å². The number of hydrogen-bond acceptors (Lipinski definition) is 9. The predicted octanol–water partition coefficient (Wildman–Crippen LogP) is 7.01. The van der Waals surface area contributed by atoms with Crippen LogP contribution in [-0.4, -0.2) is 71.1 Å². The van der Waals surface area contributed by atoms with E-state index in [1.807, 2.05) is 50.2 Å². The summed E-state index contributed by atoms with van der Waals surface area (Å²) in [5.41, 5.74) is 2.56. The van der Waals surface area contributed by atoms with Crippen LogP contribution >= 0.6 is 0 Å². The molecule has 4 aromatic rings. The SMILES string of the molecule is CC(=O)c1cc(CN2C(=O)N(Cc3ccc(F)c(C(C)=O)c3)[C@H](Cc3ccc4c(c3)OCO4)[C@@H]3OC(C)(C)O[C@H]3[C@H]2Cc2ccc3c(c2)OCO3)ccc1F. The Labute approximate surface area is 316 Å². The number of hydrogen-bond donors (Lipinski definition) is 0. The van der Waals surface area contributed by atoms with Gasteiger partial charge in [-0.2, -0.15) is 0 Å². The monoisotopic (exact) mass is 754 g/mol. The first kappa shape index (κ1) is 36.4. The minimum atomic E-state index is -1.07. The van der Waals surface area contributed by atoms with Crippen LogP contribution in [0.5, 0.6) is 23.0 Å². The number of Topliss-reactive ketones (excluding diaryl/α,β-unsaturated/α-hetero) is 2. The topological polar surface area (TPSA) is 113 Å². The first-order valence-corrected chi connectivity index (χ1v) is 18.1. The van der Waals surface area contributed by atoms with Gasteiger partial charge in [0.05, 0.1) is 23.2 Å². The lowest BCUT2D eigenvalue weighted by atomic mass is 9.90. The van der Waals surface area contributed by atoms with Crippen LogP contribution in [0, 0.1) is 11.6 Å². The molecule has 0 N–H and O–H groups in total. The van der Waals surface area contributed by atoms with Crippen molar-refractivity contribution in [3.05, 3.63) is 118 Å². The molecule has 8 rings (SSSR count). The van der Waals surface area contributed by atoms with Gasteiger partial charge >= 0.3 is 6.03 Å². The highest BCUT2D eigenvalue weighted by molar-refractivity contribution is 5.95. The molecule has 2 fully saturated rings. The zero-order chi connectivity index (χ0) is 38.6. The molecular formula is C42H40F2N2O9. The van der Waals surface area contributed by atoms with E-state index in [0.717, 1.165) is 11.1 Å². The van der Waals surface area contributed by atoms with Gasteiger partial charge in [-0.3, -0.25) is 9.59 Å². The Bertz CT molecular complexity index is 2040. The number of nitrogens with zero attached hydrogens (tertiary/aromatic N) is 2. The number of ether oxygens (including phenoxy) is 6. The van der Waals surface area contributed by atoms with Crippen LogP contribution < -0.4 is 18.9 Å². The number of ketones is 2. The Morgan fingerprint density at radius 1 is 0.618 bits per heavy atom. The molecule has 11 nitrogen and oxygen atoms in total. The smallest absolute Gasteiger partial charge is 0.321 e. The lowest BCUT2D eigenvalue weighted by Crippen LogP contribution is -2.51. The van der Waals surface area contributed by atoms with E-state index in [2.05, 4.69) is 0 Å². The number of fused-ring (bicyclic) bond motifs is 3. The fourth-order valence-corrected chi connectivity index (χ4v) is 7.93. The average molecular weight is 755 g/mol. The number of benzene rings is 4. The standard InChI is InChI=1S/C42H40F2N2O9/c1-23(47)29-13-27(5-9-31(29)43)19-45-33(15-25-7-11-35-37(17-25)52-21-50-35)39-40(55-42(3,4)54-39)34(16-26-8-12-36-38(18-26)53-22-51-36)46(41(45)49)20-28-6-10-32(44)30(14-28)24(2)48/h5-14,17-18,33-34,39-40H,15-16,19-22H2,1-4H3/t33-,34-,39+,40+/m1/s1. The number of urea groups is 1. The molecule has 0 aromatic heterocycles. The van der Waals surface area contributed by atoms with E-state index < -0.39 is 59.3 Å². The molecule has 0 radical (unpaired) electrons. The highest BCUT2D eigenvalue weighted by Gasteiger charge is 2.55. The predicted molar refractivity (Wildman–Crippen MR) is 193 cm³/mol. The molecule has 4 heterocycles. The van der Waals surface area contributed by atoms with Crippen molar-refractivity contribution < 1.29 is 51.6 Å². The van der Waals surface area contributed by atoms with E-state index >= 15 is 4.79 Å². The highest BCUT2D eigenvalue weighted by Crippen LogP contribution is 2.42. The maximum Gasteiger partial charge on any atom is 0.321 e. The maximum absolute atomic E-state index is 15.5. The van der Waals surface area contributed by atoms with Crippen LogP contribution in [0.15, 0.2) is 72.8 Å². The summed E-state index contributed by atoms with van der Waals surface area (Å²) in [6.45, 7) is 6.39. The molecule has 4 aliphatic rings. The quantitative estimate of drug-likeness (QED) is 0.158. The van der Waals surface area contributed by atoms with Crippen molar-refractivity contribution in [2.24, 2.45) is 0 Å². The summed E-state index contributed by atoms with van der Waals surface area (Å²) >= 11 is 0. The molecular weight excluding hydrogens is 714 g/mol. The summed E-state index contributed by atoms with van der Waals surface area (Å²) in [6, 6.07) is 18.0. The molecule has 0 saturated carbocycles. The van der Waals surface area contributed by atoms with Crippen LogP contribution in [0.25, 0.3) is 0 Å². The summed E-state index contributed by atoms with van der Waals surface area (Å²) in [4.78, 5) is 43.7. The number of amides is 2. The van der Waals surface area contributed by atoms with Gasteiger partial charge in [0.25, 0.3) is 0 Å². The molecule has 13 heteroatoms. The lowest BCUT2D eigenvalue weighted by Gasteiger charge is -2.37. The molecule has 0 unspecified atom stereocenters. The van der Waals surface area contributed by atoms with Crippen molar-refractivity contribution in [1.29, 1.82) is 0 Å². The third-order valence-corrected chi connectivity index (χ3v) is 10.5. The van der Waals surface area contributed by atoms with Crippen LogP contribution in [0.4, 0.5) is 13.6 Å². The van der Waals surface area contributed by atoms with Gasteiger partial charge in [-0.05, 0) is 111 Å². The minimum absolute atomic E-state index is 0.0169. The van der Waals surface area contributed by atoms with E-state index in [4.69, 9.17) is 28.4 Å². The van der Waals surface area contributed by atoms with Crippen molar-refractivity contribution in [1.82, 2.24) is 9.80 Å². The van der Waals surface area contributed by atoms with Crippen LogP contribution in [0.3, 0.4) is 0 Å². The fourth-order valence-electron chi connectivity index (χ4n) is 7.93. The summed E-state index contributed by atoms with van der Waals surface area (Å²) in [6.07, 6.45) is -0.775. The van der Waals surface area contributed by atoms with Gasteiger partial charge in [0, 0.05) is 13.1 Å². The Morgan fingerprint density at radius 2 is 1.02 bits per heavy atom. The van der Waals surface area contributed by atoms with E-state index in [9.17, 15) is 18.4 Å². The summed E-state index contributed by atoms with van der Waals surface area (Å²) in [5, 5.41) is 0. The second-order valence-corrected chi connectivity index (χ2v) is 14.8. The Morgan fingerprint density at radius 3 is 1.44 bits per heavy atom. The molecule has 286 valence electrons. The molecule has 0 spiro atoms. The zero-order valence-electron chi connectivity index (χ0n) is 30.8. The number of rotatable bonds is 10. The molecule has 2 amide bonds. The maximum atomic E-state index is 15.5. The number of carbonyl (C=O) groups is 3. The van der Waals surface area contributed by atoms with Gasteiger partial charge in [0.1, 0.15) is 23.8 Å². The number of halogens is 2. The van der Waals surface area contributed by atoms with E-state index in [1.54, 1.807) is 21.9 Å². The van der Waals surface area contributed by atoms with Crippen molar-refractivity contribution in [3.8, 4) is 23.0 Å². The molecule has 2 saturated heterocycles. The van der Waals surface area contributed by atoms with Crippen molar-refractivity contribution >= 4 is 17.6 Å². The Hall–Kier alpha value is -5.53. The molecule has 4 atom stereocenters.